The Morgan fingerprint density at radius 1 is 1.21 bits per heavy atom. The summed E-state index contributed by atoms with van der Waals surface area (Å²) >= 11 is 7.08. The summed E-state index contributed by atoms with van der Waals surface area (Å²) in [6.45, 7) is 4.68. The quantitative estimate of drug-likeness (QED) is 0.802. The zero-order valence-electron chi connectivity index (χ0n) is 11.2. The predicted molar refractivity (Wildman–Crippen MR) is 91.0 cm³/mol. The van der Waals surface area contributed by atoms with Crippen LogP contribution in [0.5, 0.6) is 0 Å². The van der Waals surface area contributed by atoms with Crippen LogP contribution in [0, 0.1) is 5.92 Å². The van der Waals surface area contributed by atoms with Crippen molar-refractivity contribution in [2.24, 2.45) is 5.92 Å². The van der Waals surface area contributed by atoms with Crippen LogP contribution >= 0.6 is 44.3 Å². The molecule has 0 radical (unpaired) electrons. The molecule has 1 N–H and O–H groups in total. The van der Waals surface area contributed by atoms with E-state index in [9.17, 15) is 0 Å². The van der Waals surface area contributed by atoms with E-state index in [-0.39, 0.29) is 12.4 Å². The van der Waals surface area contributed by atoms with E-state index in [0.717, 1.165) is 28.0 Å². The van der Waals surface area contributed by atoms with E-state index >= 15 is 0 Å². The van der Waals surface area contributed by atoms with Crippen LogP contribution < -0.4 is 5.32 Å². The molecule has 1 fully saturated rings. The van der Waals surface area contributed by atoms with Gasteiger partial charge in [0.2, 0.25) is 0 Å². The van der Waals surface area contributed by atoms with Crippen molar-refractivity contribution in [1.82, 2.24) is 10.2 Å². The average molecular weight is 413 g/mol. The summed E-state index contributed by atoms with van der Waals surface area (Å²) in [5.41, 5.74) is 1.39. The molecule has 1 saturated heterocycles. The highest BCUT2D eigenvalue weighted by molar-refractivity contribution is 9.13. The summed E-state index contributed by atoms with van der Waals surface area (Å²) in [5, 5.41) is 3.29. The van der Waals surface area contributed by atoms with Gasteiger partial charge in [0.25, 0.3) is 0 Å². The highest BCUT2D eigenvalue weighted by Crippen LogP contribution is 2.25. The number of hydrogen-bond acceptors (Lipinski definition) is 2. The number of nitrogens with one attached hydrogen (secondary N) is 1. The third-order valence-corrected chi connectivity index (χ3v) is 5.47. The molecular weight excluding hydrogens is 391 g/mol. The molecule has 108 valence electrons. The van der Waals surface area contributed by atoms with Crippen LogP contribution in [0.1, 0.15) is 18.4 Å². The number of hydrogen-bond donors (Lipinski definition) is 1. The van der Waals surface area contributed by atoms with Crippen LogP contribution in [-0.4, -0.2) is 31.6 Å². The Morgan fingerprint density at radius 3 is 2.47 bits per heavy atom. The monoisotopic (exact) mass is 410 g/mol. The van der Waals surface area contributed by atoms with Gasteiger partial charge in [0.1, 0.15) is 0 Å². The molecule has 0 aliphatic carbocycles. The third-order valence-electron chi connectivity index (χ3n) is 3.59. The molecule has 2 rings (SSSR count). The van der Waals surface area contributed by atoms with Gasteiger partial charge in [-0.3, -0.25) is 4.90 Å². The average Bonchev–Trinajstić information content (AvgIpc) is 2.37. The summed E-state index contributed by atoms with van der Waals surface area (Å²) in [6.07, 6.45) is 2.64. The third kappa shape index (κ3) is 5.35. The molecule has 19 heavy (non-hydrogen) atoms. The fourth-order valence-electron chi connectivity index (χ4n) is 2.53. The molecule has 0 atom stereocenters. The lowest BCUT2D eigenvalue weighted by molar-refractivity contribution is 0.177. The maximum atomic E-state index is 3.57. The Hall–Kier alpha value is 0.390. The molecule has 0 unspecified atom stereocenters. The Bertz CT molecular complexity index is 393. The van der Waals surface area contributed by atoms with Gasteiger partial charge in [0.05, 0.1) is 0 Å². The normalized spacial score (nSPS) is 17.2. The van der Waals surface area contributed by atoms with E-state index in [1.165, 1.54) is 31.5 Å². The second-order valence-corrected chi connectivity index (χ2v) is 6.73. The highest BCUT2D eigenvalue weighted by atomic mass is 79.9. The lowest BCUT2D eigenvalue weighted by Gasteiger charge is -2.31. The maximum Gasteiger partial charge on any atom is 0.0320 e. The molecule has 0 aromatic heterocycles. The molecular formula is C14H21Br2ClN2. The van der Waals surface area contributed by atoms with Crippen molar-refractivity contribution in [3.63, 3.8) is 0 Å². The van der Waals surface area contributed by atoms with E-state index in [1.807, 2.05) is 7.05 Å². The van der Waals surface area contributed by atoms with Gasteiger partial charge in [0, 0.05) is 15.5 Å². The topological polar surface area (TPSA) is 15.3 Å². The Balaban J connectivity index is 0.00000180. The van der Waals surface area contributed by atoms with Crippen molar-refractivity contribution in [2.45, 2.75) is 19.4 Å². The SMILES string of the molecule is CNCC1CCN(Cc2ccc(Br)c(Br)c2)CC1.Cl. The zero-order chi connectivity index (χ0) is 13.0. The molecule has 1 aromatic carbocycles. The molecule has 0 bridgehead atoms. The van der Waals surface area contributed by atoms with Gasteiger partial charge in [-0.2, -0.15) is 0 Å². The summed E-state index contributed by atoms with van der Waals surface area (Å²) in [4.78, 5) is 2.56. The Morgan fingerprint density at radius 2 is 1.89 bits per heavy atom. The minimum Gasteiger partial charge on any atom is -0.319 e. The van der Waals surface area contributed by atoms with Crippen LogP contribution in [-0.2, 0) is 6.54 Å². The van der Waals surface area contributed by atoms with Crippen molar-refractivity contribution < 1.29 is 0 Å². The first-order valence-corrected chi connectivity index (χ1v) is 8.08. The summed E-state index contributed by atoms with van der Waals surface area (Å²) in [7, 11) is 2.05. The van der Waals surface area contributed by atoms with Crippen LogP contribution in [0.4, 0.5) is 0 Å². The minimum atomic E-state index is 0. The first kappa shape index (κ1) is 17.4. The summed E-state index contributed by atoms with van der Waals surface area (Å²) < 4.78 is 2.27. The fourth-order valence-corrected chi connectivity index (χ4v) is 3.21. The first-order chi connectivity index (χ1) is 8.69. The Kier molecular flexibility index (Phi) is 7.92. The lowest BCUT2D eigenvalue weighted by atomic mass is 9.96. The van der Waals surface area contributed by atoms with Gasteiger partial charge in [-0.25, -0.2) is 0 Å². The van der Waals surface area contributed by atoms with E-state index in [1.54, 1.807) is 0 Å². The number of benzene rings is 1. The van der Waals surface area contributed by atoms with E-state index in [2.05, 4.69) is 60.3 Å². The van der Waals surface area contributed by atoms with Gasteiger partial charge in [-0.1, -0.05) is 6.07 Å². The predicted octanol–water partition coefficient (Wildman–Crippen LogP) is 4.06. The van der Waals surface area contributed by atoms with Gasteiger partial charge in [0.15, 0.2) is 0 Å². The molecule has 0 amide bonds. The summed E-state index contributed by atoms with van der Waals surface area (Å²) in [6, 6.07) is 6.53. The van der Waals surface area contributed by atoms with Crippen molar-refractivity contribution in [3.8, 4) is 0 Å². The fraction of sp³-hybridized carbons (Fsp3) is 0.571. The first-order valence-electron chi connectivity index (χ1n) is 6.50. The minimum absolute atomic E-state index is 0. The molecule has 0 saturated carbocycles. The van der Waals surface area contributed by atoms with Crippen molar-refractivity contribution in [2.75, 3.05) is 26.7 Å². The van der Waals surface area contributed by atoms with E-state index in [4.69, 9.17) is 0 Å². The molecule has 5 heteroatoms. The number of rotatable bonds is 4. The van der Waals surface area contributed by atoms with Crippen LogP contribution in [0.2, 0.25) is 0 Å². The standard InChI is InChI=1S/C14H20Br2N2.ClH/c1-17-9-11-4-6-18(7-5-11)10-12-2-3-13(15)14(16)8-12;/h2-3,8,11,17H,4-7,9-10H2,1H3;1H. The lowest BCUT2D eigenvalue weighted by Crippen LogP contribution is -2.36. The molecule has 0 spiro atoms. The summed E-state index contributed by atoms with van der Waals surface area (Å²) in [5.74, 6) is 0.864. The number of piperidine rings is 1. The molecule has 2 nitrogen and oxygen atoms in total. The maximum absolute atomic E-state index is 3.57. The van der Waals surface area contributed by atoms with Crippen LogP contribution in [0.3, 0.4) is 0 Å². The van der Waals surface area contributed by atoms with E-state index in [0.29, 0.717) is 0 Å². The van der Waals surface area contributed by atoms with Crippen LogP contribution in [0.25, 0.3) is 0 Å². The Labute approximate surface area is 139 Å². The zero-order valence-corrected chi connectivity index (χ0v) is 15.2. The van der Waals surface area contributed by atoms with Crippen LogP contribution in [0.15, 0.2) is 27.1 Å². The van der Waals surface area contributed by atoms with Crippen molar-refractivity contribution in [1.29, 1.82) is 0 Å². The molecule has 1 aliphatic heterocycles. The second kappa shape index (κ2) is 8.63. The molecule has 1 aromatic rings. The van der Waals surface area contributed by atoms with Gasteiger partial charge in [-0.05, 0) is 95.0 Å². The molecule has 1 heterocycles. The van der Waals surface area contributed by atoms with Gasteiger partial charge in [-0.15, -0.1) is 12.4 Å². The highest BCUT2D eigenvalue weighted by Gasteiger charge is 2.18. The number of nitrogens with zero attached hydrogens (tertiary/aromatic N) is 1. The second-order valence-electron chi connectivity index (χ2n) is 5.03. The largest absolute Gasteiger partial charge is 0.319 e. The molecule has 1 aliphatic rings. The van der Waals surface area contributed by atoms with Gasteiger partial charge >= 0.3 is 0 Å². The van der Waals surface area contributed by atoms with Crippen molar-refractivity contribution >= 4 is 44.3 Å². The number of halogens is 3. The van der Waals surface area contributed by atoms with Gasteiger partial charge < -0.3 is 5.32 Å². The van der Waals surface area contributed by atoms with Crippen molar-refractivity contribution in [3.05, 3.63) is 32.7 Å². The van der Waals surface area contributed by atoms with E-state index < -0.39 is 0 Å². The smallest absolute Gasteiger partial charge is 0.0320 e. The number of likely N-dealkylation sites (tertiary alicyclic amines) is 1.